The number of aliphatic hydroxyl groups excluding tert-OH is 1. The van der Waals surface area contributed by atoms with Crippen LogP contribution >= 0.6 is 0 Å². The summed E-state index contributed by atoms with van der Waals surface area (Å²) in [6.45, 7) is 7.34. The molecule has 222 valence electrons. The fraction of sp³-hybridized carbons (Fsp3) is 0.548. The minimum absolute atomic E-state index is 0.0139. The molecule has 9 heteroatoms. The molecule has 0 aliphatic heterocycles. The maximum Gasteiger partial charge on any atom is 0.256 e. The van der Waals surface area contributed by atoms with Crippen molar-refractivity contribution >= 4 is 11.8 Å². The van der Waals surface area contributed by atoms with Crippen molar-refractivity contribution in [1.82, 2.24) is 10.6 Å². The number of rotatable bonds is 18. The molecule has 0 saturated heterocycles. The lowest BCUT2D eigenvalue weighted by molar-refractivity contribution is -0.143. The topological polar surface area (TPSA) is 132 Å². The number of hydrogen-bond donors (Lipinski definition) is 4. The van der Waals surface area contributed by atoms with Gasteiger partial charge in [-0.05, 0) is 55.7 Å². The second-order valence-corrected chi connectivity index (χ2v) is 10.5. The zero-order chi connectivity index (χ0) is 29.5. The molecule has 2 rings (SSSR count). The van der Waals surface area contributed by atoms with Crippen LogP contribution in [-0.2, 0) is 19.9 Å². The Kier molecular flexibility index (Phi) is 14.1. The van der Waals surface area contributed by atoms with Crippen LogP contribution < -0.4 is 21.1 Å². The minimum atomic E-state index is -1.19. The van der Waals surface area contributed by atoms with Gasteiger partial charge in [0.15, 0.2) is 5.60 Å². The first-order valence-corrected chi connectivity index (χ1v) is 14.0. The van der Waals surface area contributed by atoms with Crippen LogP contribution in [0.5, 0.6) is 5.75 Å². The van der Waals surface area contributed by atoms with Gasteiger partial charge in [-0.2, -0.15) is 0 Å². The zero-order valence-corrected chi connectivity index (χ0v) is 24.5. The first kappa shape index (κ1) is 33.2. The van der Waals surface area contributed by atoms with Crippen LogP contribution in [-0.4, -0.2) is 69.6 Å². The van der Waals surface area contributed by atoms with E-state index in [0.29, 0.717) is 43.1 Å². The van der Waals surface area contributed by atoms with Crippen molar-refractivity contribution in [3.05, 3.63) is 65.7 Å². The summed E-state index contributed by atoms with van der Waals surface area (Å²) in [6.07, 6.45) is 1.21. The normalized spacial score (nSPS) is 15.1. The van der Waals surface area contributed by atoms with Crippen molar-refractivity contribution < 1.29 is 28.9 Å². The molecule has 4 atom stereocenters. The number of unbranched alkanes of at least 4 members (excludes halogenated alkanes) is 1. The lowest BCUT2D eigenvalue weighted by Crippen LogP contribution is -2.50. The van der Waals surface area contributed by atoms with Crippen molar-refractivity contribution in [2.24, 2.45) is 17.6 Å². The number of nitrogens with one attached hydrogen (secondary N) is 2. The third-order valence-corrected chi connectivity index (χ3v) is 7.31. The highest BCUT2D eigenvalue weighted by Crippen LogP contribution is 2.25. The second kappa shape index (κ2) is 17.0. The molecule has 0 heterocycles. The fourth-order valence-corrected chi connectivity index (χ4v) is 4.34. The second-order valence-electron chi connectivity index (χ2n) is 10.5. The molecule has 0 aliphatic carbocycles. The van der Waals surface area contributed by atoms with Gasteiger partial charge >= 0.3 is 0 Å². The summed E-state index contributed by atoms with van der Waals surface area (Å²) in [5, 5.41) is 16.5. The average Bonchev–Trinajstić information content (AvgIpc) is 2.97. The number of carbonyl (C=O) groups excluding carboxylic acids is 2. The molecule has 9 nitrogen and oxygen atoms in total. The quantitative estimate of drug-likeness (QED) is 0.207. The van der Waals surface area contributed by atoms with Gasteiger partial charge in [0.25, 0.3) is 11.8 Å². The number of methoxy groups -OCH3 is 2. The van der Waals surface area contributed by atoms with E-state index in [-0.39, 0.29) is 30.2 Å². The maximum absolute atomic E-state index is 13.0. The number of ether oxygens (including phenoxy) is 3. The van der Waals surface area contributed by atoms with Crippen molar-refractivity contribution in [3.63, 3.8) is 0 Å². The highest BCUT2D eigenvalue weighted by Gasteiger charge is 2.35. The van der Waals surface area contributed by atoms with Crippen LogP contribution in [0.3, 0.4) is 0 Å². The van der Waals surface area contributed by atoms with E-state index < -0.39 is 17.7 Å². The summed E-state index contributed by atoms with van der Waals surface area (Å²) in [7, 11) is 3.14. The van der Waals surface area contributed by atoms with Crippen LogP contribution in [0.15, 0.2) is 54.6 Å². The van der Waals surface area contributed by atoms with Crippen LogP contribution in [0.1, 0.15) is 56.0 Å². The van der Waals surface area contributed by atoms with E-state index in [4.69, 9.17) is 19.9 Å². The van der Waals surface area contributed by atoms with Crippen LogP contribution in [0.25, 0.3) is 0 Å². The summed E-state index contributed by atoms with van der Waals surface area (Å²) in [5.41, 5.74) is 6.34. The summed E-state index contributed by atoms with van der Waals surface area (Å²) >= 11 is 0. The Bertz CT molecular complexity index is 1030. The molecule has 2 amide bonds. The molecule has 0 spiro atoms. The fourth-order valence-electron chi connectivity index (χ4n) is 4.34. The van der Waals surface area contributed by atoms with Crippen LogP contribution in [0.4, 0.5) is 0 Å². The number of hydrogen-bond acceptors (Lipinski definition) is 7. The molecule has 0 radical (unpaired) electrons. The van der Waals surface area contributed by atoms with Gasteiger partial charge in [-0.15, -0.1) is 0 Å². The van der Waals surface area contributed by atoms with E-state index in [1.54, 1.807) is 32.2 Å². The van der Waals surface area contributed by atoms with Crippen molar-refractivity contribution in [2.75, 3.05) is 40.5 Å². The molecule has 0 fully saturated rings. The molecule has 0 aromatic heterocycles. The Morgan fingerprint density at radius 3 is 2.25 bits per heavy atom. The predicted molar refractivity (Wildman–Crippen MR) is 156 cm³/mol. The summed E-state index contributed by atoms with van der Waals surface area (Å²) in [5.74, 6) is 0.175. The number of para-hydroxylation sites is 1. The Hall–Kier alpha value is -2.98. The van der Waals surface area contributed by atoms with Crippen LogP contribution in [0.2, 0.25) is 0 Å². The van der Waals surface area contributed by atoms with Crippen LogP contribution in [0, 0.1) is 11.8 Å². The molecular weight excluding hydrogens is 510 g/mol. The Morgan fingerprint density at radius 2 is 1.60 bits per heavy atom. The number of carbonyl (C=O) groups is 2. The molecule has 0 aliphatic rings. The third-order valence-electron chi connectivity index (χ3n) is 7.31. The first-order valence-electron chi connectivity index (χ1n) is 14.0. The van der Waals surface area contributed by atoms with Crippen molar-refractivity contribution in [1.29, 1.82) is 0 Å². The molecule has 2 aromatic carbocycles. The van der Waals surface area contributed by atoms with Gasteiger partial charge in [-0.3, -0.25) is 9.59 Å². The summed E-state index contributed by atoms with van der Waals surface area (Å²) in [6, 6.07) is 15.8. The average molecular weight is 558 g/mol. The van der Waals surface area contributed by atoms with Gasteiger partial charge in [-0.25, -0.2) is 0 Å². The van der Waals surface area contributed by atoms with Gasteiger partial charge < -0.3 is 35.7 Å². The maximum atomic E-state index is 13.0. The standard InChI is InChI=1S/C31H47N3O6/c1-22(2)23(20-33-29(36)25-15-9-10-16-28(25)40-18-12-11-17-38-4)19-26(32)27(35)21-34-30(37)31(3,39-5)24-13-7-6-8-14-24/h6-10,13-16,22-23,26-27,35H,11-12,17-21,32H2,1-5H3,(H,33,36)(H,34,37)/t23?,26?,27?,31-/m1/s1. The predicted octanol–water partition coefficient (Wildman–Crippen LogP) is 3.25. The van der Waals surface area contributed by atoms with Gasteiger partial charge in [-0.1, -0.05) is 56.3 Å². The lowest BCUT2D eigenvalue weighted by Gasteiger charge is -2.30. The van der Waals surface area contributed by atoms with Gasteiger partial charge in [0.1, 0.15) is 5.75 Å². The van der Waals surface area contributed by atoms with Crippen molar-refractivity contribution in [3.8, 4) is 5.75 Å². The summed E-state index contributed by atoms with van der Waals surface area (Å²) in [4.78, 5) is 26.0. The smallest absolute Gasteiger partial charge is 0.256 e. The Morgan fingerprint density at radius 1 is 0.950 bits per heavy atom. The van der Waals surface area contributed by atoms with E-state index in [9.17, 15) is 14.7 Å². The van der Waals surface area contributed by atoms with E-state index in [0.717, 1.165) is 12.8 Å². The van der Waals surface area contributed by atoms with E-state index in [1.165, 1.54) is 7.11 Å². The lowest BCUT2D eigenvalue weighted by atomic mass is 9.87. The molecule has 0 bridgehead atoms. The van der Waals surface area contributed by atoms with E-state index in [1.807, 2.05) is 36.4 Å². The molecule has 5 N–H and O–H groups in total. The number of nitrogens with two attached hydrogens (primary N) is 1. The van der Waals surface area contributed by atoms with Gasteiger partial charge in [0.2, 0.25) is 0 Å². The molecule has 3 unspecified atom stereocenters. The minimum Gasteiger partial charge on any atom is -0.493 e. The Balaban J connectivity index is 1.91. The van der Waals surface area contributed by atoms with E-state index >= 15 is 0 Å². The van der Waals surface area contributed by atoms with E-state index in [2.05, 4.69) is 24.5 Å². The highest BCUT2D eigenvalue weighted by atomic mass is 16.5. The number of amides is 2. The SMILES string of the molecule is COCCCCOc1ccccc1C(=O)NCC(CC(N)C(O)CNC(=O)[C@](C)(OC)c1ccccc1)C(C)C. The highest BCUT2D eigenvalue weighted by molar-refractivity contribution is 5.96. The molecule has 2 aromatic rings. The summed E-state index contributed by atoms with van der Waals surface area (Å²) < 4.78 is 16.4. The van der Waals surface area contributed by atoms with Crippen molar-refractivity contribution in [2.45, 2.75) is 57.8 Å². The monoisotopic (exact) mass is 557 g/mol. The van der Waals surface area contributed by atoms with Gasteiger partial charge in [0.05, 0.1) is 18.3 Å². The zero-order valence-electron chi connectivity index (χ0n) is 24.5. The number of benzene rings is 2. The molecular formula is C31H47N3O6. The first-order chi connectivity index (χ1) is 19.1. The molecule has 40 heavy (non-hydrogen) atoms. The van der Waals surface area contributed by atoms with Gasteiger partial charge in [0, 0.05) is 40.0 Å². The third kappa shape index (κ3) is 9.89. The Labute approximate surface area is 238 Å². The largest absolute Gasteiger partial charge is 0.493 e. The number of aliphatic hydroxyl groups is 1. The molecule has 0 saturated carbocycles.